The monoisotopic (exact) mass is 300 g/mol. The highest BCUT2D eigenvalue weighted by Crippen LogP contribution is 2.30. The minimum absolute atomic E-state index is 0.0941. The molecule has 0 radical (unpaired) electrons. The molecule has 0 aliphatic carbocycles. The molecule has 1 N–H and O–H groups in total. The quantitative estimate of drug-likeness (QED) is 0.920. The van der Waals surface area contributed by atoms with Crippen molar-refractivity contribution in [2.75, 3.05) is 19.6 Å². The lowest BCUT2D eigenvalue weighted by Gasteiger charge is -2.48. The minimum Gasteiger partial charge on any atom is -0.305 e. The second kappa shape index (κ2) is 5.97. The number of nitrogens with zero attached hydrogens (tertiary/aromatic N) is 1. The average molecular weight is 300 g/mol. The lowest BCUT2D eigenvalue weighted by atomic mass is 9.86. The van der Waals surface area contributed by atoms with Crippen LogP contribution >= 0.6 is 0 Å². The molecule has 2 atom stereocenters. The molecule has 1 saturated heterocycles. The molecule has 0 aromatic heterocycles. The van der Waals surface area contributed by atoms with Gasteiger partial charge >= 0.3 is 6.18 Å². The Labute approximate surface area is 124 Å². The van der Waals surface area contributed by atoms with Crippen molar-refractivity contribution in [1.82, 2.24) is 10.2 Å². The van der Waals surface area contributed by atoms with E-state index in [0.717, 1.165) is 5.56 Å². The first-order valence-corrected chi connectivity index (χ1v) is 7.33. The molecule has 1 heterocycles. The van der Waals surface area contributed by atoms with Gasteiger partial charge in [-0.15, -0.1) is 0 Å². The van der Waals surface area contributed by atoms with E-state index in [1.807, 2.05) is 51.1 Å². The summed E-state index contributed by atoms with van der Waals surface area (Å²) in [6.45, 7) is 6.00. The van der Waals surface area contributed by atoms with E-state index in [2.05, 4.69) is 5.32 Å². The molecular weight excluding hydrogens is 277 g/mol. The molecule has 0 saturated carbocycles. The molecule has 1 aliphatic heterocycles. The predicted octanol–water partition coefficient (Wildman–Crippen LogP) is 3.39. The molecule has 1 aromatic carbocycles. The van der Waals surface area contributed by atoms with Crippen LogP contribution in [0.3, 0.4) is 0 Å². The molecule has 5 heteroatoms. The number of piperazine rings is 1. The van der Waals surface area contributed by atoms with Gasteiger partial charge in [0.25, 0.3) is 0 Å². The van der Waals surface area contributed by atoms with E-state index < -0.39 is 18.3 Å². The third-order valence-electron chi connectivity index (χ3n) is 4.25. The predicted molar refractivity (Wildman–Crippen MR) is 78.1 cm³/mol. The van der Waals surface area contributed by atoms with Gasteiger partial charge in [-0.25, -0.2) is 0 Å². The van der Waals surface area contributed by atoms with Crippen molar-refractivity contribution in [3.63, 3.8) is 0 Å². The van der Waals surface area contributed by atoms with Crippen LogP contribution in [0.25, 0.3) is 0 Å². The van der Waals surface area contributed by atoms with E-state index in [1.54, 1.807) is 4.90 Å². The number of rotatable bonds is 3. The Hall–Kier alpha value is -1.07. The highest BCUT2D eigenvalue weighted by atomic mass is 19.4. The summed E-state index contributed by atoms with van der Waals surface area (Å²) in [5, 5.41) is 3.45. The third-order valence-corrected chi connectivity index (χ3v) is 4.25. The highest BCUT2D eigenvalue weighted by molar-refractivity contribution is 5.25. The Kier molecular flexibility index (Phi) is 4.63. The number of halogens is 3. The summed E-state index contributed by atoms with van der Waals surface area (Å²) in [5.74, 6) is 0.181. The zero-order valence-electron chi connectivity index (χ0n) is 12.7. The maximum atomic E-state index is 12.9. The maximum absolute atomic E-state index is 12.9. The topological polar surface area (TPSA) is 15.3 Å². The Bertz CT molecular complexity index is 458. The van der Waals surface area contributed by atoms with Crippen LogP contribution in [0.5, 0.6) is 0 Å². The SMILES string of the molecule is CC(C)C1CNC(C)(c2ccccc2)CN1CC(F)(F)F. The van der Waals surface area contributed by atoms with Crippen molar-refractivity contribution in [2.24, 2.45) is 5.92 Å². The van der Waals surface area contributed by atoms with Crippen LogP contribution in [0.15, 0.2) is 30.3 Å². The van der Waals surface area contributed by atoms with Gasteiger partial charge in [0.2, 0.25) is 0 Å². The first-order chi connectivity index (χ1) is 9.71. The summed E-state index contributed by atoms with van der Waals surface area (Å²) in [5.41, 5.74) is 0.581. The van der Waals surface area contributed by atoms with Gasteiger partial charge in [0.05, 0.1) is 12.1 Å². The summed E-state index contributed by atoms with van der Waals surface area (Å²) >= 11 is 0. The van der Waals surface area contributed by atoms with E-state index in [0.29, 0.717) is 13.1 Å². The van der Waals surface area contributed by atoms with Crippen LogP contribution in [-0.2, 0) is 5.54 Å². The maximum Gasteiger partial charge on any atom is 0.401 e. The normalized spacial score (nSPS) is 28.0. The Morgan fingerprint density at radius 3 is 2.43 bits per heavy atom. The Morgan fingerprint density at radius 1 is 1.29 bits per heavy atom. The van der Waals surface area contributed by atoms with E-state index in [1.165, 1.54) is 0 Å². The van der Waals surface area contributed by atoms with Gasteiger partial charge in [0.1, 0.15) is 0 Å². The molecular formula is C16H23F3N2. The van der Waals surface area contributed by atoms with Crippen molar-refractivity contribution >= 4 is 0 Å². The summed E-state index contributed by atoms with van der Waals surface area (Å²) in [6, 6.07) is 9.60. The van der Waals surface area contributed by atoms with Crippen LogP contribution in [-0.4, -0.2) is 36.8 Å². The second-order valence-electron chi connectivity index (χ2n) is 6.41. The first kappa shape index (κ1) is 16.3. The van der Waals surface area contributed by atoms with Gasteiger partial charge in [-0.3, -0.25) is 4.90 Å². The molecule has 2 rings (SSSR count). The van der Waals surface area contributed by atoms with Gasteiger partial charge in [0.15, 0.2) is 0 Å². The number of alkyl halides is 3. The van der Waals surface area contributed by atoms with E-state index in [4.69, 9.17) is 0 Å². The van der Waals surface area contributed by atoms with Crippen LogP contribution < -0.4 is 5.32 Å². The van der Waals surface area contributed by atoms with Gasteiger partial charge in [-0.2, -0.15) is 13.2 Å². The van der Waals surface area contributed by atoms with E-state index in [9.17, 15) is 13.2 Å². The molecule has 0 amide bonds. The Morgan fingerprint density at radius 2 is 1.90 bits per heavy atom. The van der Waals surface area contributed by atoms with E-state index >= 15 is 0 Å². The van der Waals surface area contributed by atoms with Crippen LogP contribution in [0.1, 0.15) is 26.3 Å². The van der Waals surface area contributed by atoms with Crippen LogP contribution in [0, 0.1) is 5.92 Å². The largest absolute Gasteiger partial charge is 0.401 e. The zero-order valence-corrected chi connectivity index (χ0v) is 12.7. The van der Waals surface area contributed by atoms with Gasteiger partial charge in [-0.1, -0.05) is 44.2 Å². The first-order valence-electron chi connectivity index (χ1n) is 7.33. The molecule has 0 bridgehead atoms. The zero-order chi connectivity index (χ0) is 15.7. The molecule has 1 aliphatic rings. The third kappa shape index (κ3) is 3.98. The fourth-order valence-corrected chi connectivity index (χ4v) is 3.10. The van der Waals surface area contributed by atoms with Gasteiger partial charge in [-0.05, 0) is 18.4 Å². The molecule has 1 aromatic rings. The average Bonchev–Trinajstić information content (AvgIpc) is 2.37. The second-order valence-corrected chi connectivity index (χ2v) is 6.41. The fraction of sp³-hybridized carbons (Fsp3) is 0.625. The van der Waals surface area contributed by atoms with Gasteiger partial charge < -0.3 is 5.32 Å². The van der Waals surface area contributed by atoms with Gasteiger partial charge in [0, 0.05) is 19.1 Å². The lowest BCUT2D eigenvalue weighted by molar-refractivity contribution is -0.159. The number of hydrogen-bond donors (Lipinski definition) is 1. The van der Waals surface area contributed by atoms with Crippen molar-refractivity contribution < 1.29 is 13.2 Å². The van der Waals surface area contributed by atoms with Crippen molar-refractivity contribution in [1.29, 1.82) is 0 Å². The standard InChI is InChI=1S/C16H23F3N2/c1-12(2)14-9-20-15(3,13-7-5-4-6-8-13)10-21(14)11-16(17,18)19/h4-8,12,14,20H,9-11H2,1-3H3. The minimum atomic E-state index is -4.16. The summed E-state index contributed by atoms with van der Waals surface area (Å²) < 4.78 is 38.6. The molecule has 1 fully saturated rings. The summed E-state index contributed by atoms with van der Waals surface area (Å²) in [6.07, 6.45) is -4.16. The molecule has 2 unspecified atom stereocenters. The Balaban J connectivity index is 2.22. The molecule has 0 spiro atoms. The fourth-order valence-electron chi connectivity index (χ4n) is 3.10. The van der Waals surface area contributed by atoms with Crippen molar-refractivity contribution in [3.05, 3.63) is 35.9 Å². The molecule has 21 heavy (non-hydrogen) atoms. The summed E-state index contributed by atoms with van der Waals surface area (Å²) in [4.78, 5) is 1.58. The van der Waals surface area contributed by atoms with Crippen molar-refractivity contribution in [3.8, 4) is 0 Å². The molecule has 2 nitrogen and oxygen atoms in total. The van der Waals surface area contributed by atoms with Crippen molar-refractivity contribution in [2.45, 2.75) is 38.5 Å². The number of nitrogens with one attached hydrogen (secondary N) is 1. The van der Waals surface area contributed by atoms with Crippen LogP contribution in [0.4, 0.5) is 13.2 Å². The molecule has 118 valence electrons. The van der Waals surface area contributed by atoms with Crippen LogP contribution in [0.2, 0.25) is 0 Å². The highest BCUT2D eigenvalue weighted by Gasteiger charge is 2.42. The number of benzene rings is 1. The number of hydrogen-bond acceptors (Lipinski definition) is 2. The smallest absolute Gasteiger partial charge is 0.305 e. The van der Waals surface area contributed by atoms with E-state index in [-0.39, 0.29) is 12.0 Å². The summed E-state index contributed by atoms with van der Waals surface area (Å²) in [7, 11) is 0. The lowest BCUT2D eigenvalue weighted by Crippen LogP contribution is -2.63.